The zero-order valence-corrected chi connectivity index (χ0v) is 13.1. The Labute approximate surface area is 128 Å². The number of nitrogens with one attached hydrogen (secondary N) is 1. The van der Waals surface area contributed by atoms with Crippen molar-refractivity contribution in [3.8, 4) is 9.88 Å². The van der Waals surface area contributed by atoms with E-state index in [4.69, 9.17) is 0 Å². The van der Waals surface area contributed by atoms with E-state index < -0.39 is 0 Å². The van der Waals surface area contributed by atoms with Crippen LogP contribution in [0.15, 0.2) is 29.1 Å². The predicted octanol–water partition coefficient (Wildman–Crippen LogP) is 3.57. The standard InChI is InChI=1S/C13H11N3OS3/c1-8-14-5-9(20-8)6-15-12(17)10-7-19-13(16-10)11-3-2-4-18-11/h2-5,7H,6H2,1H3,(H,15,17). The van der Waals surface area contributed by atoms with E-state index >= 15 is 0 Å². The summed E-state index contributed by atoms with van der Waals surface area (Å²) in [5.74, 6) is -0.143. The highest BCUT2D eigenvalue weighted by Crippen LogP contribution is 2.27. The van der Waals surface area contributed by atoms with Gasteiger partial charge in [0, 0.05) is 16.5 Å². The van der Waals surface area contributed by atoms with Crippen LogP contribution in [0.4, 0.5) is 0 Å². The fourth-order valence-electron chi connectivity index (χ4n) is 1.64. The third-order valence-corrected chi connectivity index (χ3v) is 5.36. The summed E-state index contributed by atoms with van der Waals surface area (Å²) < 4.78 is 0. The third kappa shape index (κ3) is 2.95. The Hall–Kier alpha value is -1.57. The zero-order chi connectivity index (χ0) is 13.9. The summed E-state index contributed by atoms with van der Waals surface area (Å²) in [7, 11) is 0. The number of hydrogen-bond donors (Lipinski definition) is 1. The van der Waals surface area contributed by atoms with Crippen LogP contribution in [0.3, 0.4) is 0 Å². The van der Waals surface area contributed by atoms with Gasteiger partial charge >= 0.3 is 0 Å². The topological polar surface area (TPSA) is 54.9 Å². The Balaban J connectivity index is 1.65. The molecule has 0 fully saturated rings. The van der Waals surface area contributed by atoms with Gasteiger partial charge in [-0.15, -0.1) is 34.0 Å². The summed E-state index contributed by atoms with van der Waals surface area (Å²) in [5, 5.41) is 8.55. The van der Waals surface area contributed by atoms with Gasteiger partial charge in [0.1, 0.15) is 10.7 Å². The van der Waals surface area contributed by atoms with Crippen LogP contribution in [0, 0.1) is 6.92 Å². The number of thiazole rings is 2. The van der Waals surface area contributed by atoms with E-state index in [0.717, 1.165) is 19.8 Å². The summed E-state index contributed by atoms with van der Waals surface area (Å²) >= 11 is 4.70. The van der Waals surface area contributed by atoms with Gasteiger partial charge in [-0.05, 0) is 18.4 Å². The Kier molecular flexibility index (Phi) is 3.90. The largest absolute Gasteiger partial charge is 0.346 e. The van der Waals surface area contributed by atoms with E-state index in [1.807, 2.05) is 24.4 Å². The van der Waals surface area contributed by atoms with E-state index in [2.05, 4.69) is 15.3 Å². The molecule has 3 aromatic heterocycles. The molecule has 3 heterocycles. The lowest BCUT2D eigenvalue weighted by atomic mass is 10.4. The van der Waals surface area contributed by atoms with Crippen molar-refractivity contribution < 1.29 is 4.79 Å². The number of aryl methyl sites for hydroxylation is 1. The number of hydrogen-bond acceptors (Lipinski definition) is 6. The Bertz CT molecular complexity index is 715. The fourth-order valence-corrected chi connectivity index (χ4v) is 3.99. The van der Waals surface area contributed by atoms with Crippen molar-refractivity contribution in [2.75, 3.05) is 0 Å². The molecule has 0 aliphatic carbocycles. The Morgan fingerprint density at radius 3 is 3.00 bits per heavy atom. The van der Waals surface area contributed by atoms with E-state index in [1.165, 1.54) is 11.3 Å². The first-order valence-electron chi connectivity index (χ1n) is 5.91. The van der Waals surface area contributed by atoms with Crippen molar-refractivity contribution in [1.29, 1.82) is 0 Å². The van der Waals surface area contributed by atoms with Crippen molar-refractivity contribution in [2.24, 2.45) is 0 Å². The van der Waals surface area contributed by atoms with E-state index in [9.17, 15) is 4.79 Å². The van der Waals surface area contributed by atoms with Crippen LogP contribution in [0.25, 0.3) is 9.88 Å². The van der Waals surface area contributed by atoms with Crippen LogP contribution in [0.2, 0.25) is 0 Å². The van der Waals surface area contributed by atoms with E-state index in [-0.39, 0.29) is 5.91 Å². The molecule has 0 aliphatic heterocycles. The van der Waals surface area contributed by atoms with Gasteiger partial charge < -0.3 is 5.32 Å². The van der Waals surface area contributed by atoms with Crippen molar-refractivity contribution in [2.45, 2.75) is 13.5 Å². The molecule has 0 atom stereocenters. The highest BCUT2D eigenvalue weighted by molar-refractivity contribution is 7.20. The van der Waals surface area contributed by atoms with Crippen molar-refractivity contribution in [3.63, 3.8) is 0 Å². The average molecular weight is 321 g/mol. The normalized spacial score (nSPS) is 10.7. The Morgan fingerprint density at radius 2 is 2.30 bits per heavy atom. The van der Waals surface area contributed by atoms with Crippen molar-refractivity contribution >= 4 is 39.9 Å². The molecule has 7 heteroatoms. The van der Waals surface area contributed by atoms with Gasteiger partial charge in [-0.25, -0.2) is 9.97 Å². The highest BCUT2D eigenvalue weighted by atomic mass is 32.1. The summed E-state index contributed by atoms with van der Waals surface area (Å²) in [6, 6.07) is 3.98. The highest BCUT2D eigenvalue weighted by Gasteiger charge is 2.12. The number of nitrogens with zero attached hydrogens (tertiary/aromatic N) is 2. The number of amides is 1. The molecule has 102 valence electrons. The molecular weight excluding hydrogens is 310 g/mol. The maximum Gasteiger partial charge on any atom is 0.271 e. The maximum absolute atomic E-state index is 12.0. The number of thiophene rings is 1. The van der Waals surface area contributed by atoms with E-state index in [0.29, 0.717) is 12.2 Å². The lowest BCUT2D eigenvalue weighted by Crippen LogP contribution is -2.22. The second-order valence-corrected chi connectivity index (χ2v) is 7.17. The second kappa shape index (κ2) is 5.82. The molecule has 0 spiro atoms. The first-order valence-corrected chi connectivity index (χ1v) is 8.49. The number of rotatable bonds is 4. The van der Waals surface area contributed by atoms with Gasteiger partial charge in [-0.1, -0.05) is 6.07 Å². The molecule has 0 radical (unpaired) electrons. The zero-order valence-electron chi connectivity index (χ0n) is 10.6. The first kappa shape index (κ1) is 13.4. The minimum Gasteiger partial charge on any atom is -0.346 e. The monoisotopic (exact) mass is 321 g/mol. The fraction of sp³-hybridized carbons (Fsp3) is 0.154. The quantitative estimate of drug-likeness (QED) is 0.799. The molecule has 3 rings (SSSR count). The molecule has 1 amide bonds. The smallest absolute Gasteiger partial charge is 0.271 e. The van der Waals surface area contributed by atoms with Crippen LogP contribution in [0.1, 0.15) is 20.4 Å². The molecule has 0 saturated heterocycles. The molecule has 0 bridgehead atoms. The minimum atomic E-state index is -0.143. The first-order chi connectivity index (χ1) is 9.72. The molecule has 0 aromatic carbocycles. The third-order valence-electron chi connectivity index (χ3n) is 2.56. The SMILES string of the molecule is Cc1ncc(CNC(=O)c2csc(-c3cccs3)n2)s1. The van der Waals surface area contributed by atoms with Gasteiger partial charge in [0.15, 0.2) is 0 Å². The van der Waals surface area contributed by atoms with Crippen LogP contribution in [-0.4, -0.2) is 15.9 Å². The Morgan fingerprint density at radius 1 is 1.40 bits per heavy atom. The molecule has 4 nitrogen and oxygen atoms in total. The summed E-state index contributed by atoms with van der Waals surface area (Å²) in [5.41, 5.74) is 0.472. The van der Waals surface area contributed by atoms with Gasteiger partial charge in [-0.3, -0.25) is 4.79 Å². The van der Waals surface area contributed by atoms with Gasteiger partial charge in [0.2, 0.25) is 0 Å². The molecule has 0 aliphatic rings. The summed E-state index contributed by atoms with van der Waals surface area (Å²) in [6.45, 7) is 2.44. The summed E-state index contributed by atoms with van der Waals surface area (Å²) in [6.07, 6.45) is 1.79. The van der Waals surface area contributed by atoms with Crippen molar-refractivity contribution in [3.05, 3.63) is 44.7 Å². The molecule has 3 aromatic rings. The van der Waals surface area contributed by atoms with Gasteiger partial charge in [0.25, 0.3) is 5.91 Å². The molecule has 0 saturated carbocycles. The van der Waals surface area contributed by atoms with Gasteiger partial charge in [-0.2, -0.15) is 0 Å². The average Bonchev–Trinajstić information content (AvgIpc) is 3.16. The number of carbonyl (C=O) groups is 1. The second-order valence-electron chi connectivity index (χ2n) is 4.04. The lowest BCUT2D eigenvalue weighted by molar-refractivity contribution is 0.0947. The number of carbonyl (C=O) groups excluding carboxylic acids is 1. The van der Waals surface area contributed by atoms with Crippen LogP contribution >= 0.6 is 34.0 Å². The maximum atomic E-state index is 12.0. The molecular formula is C13H11N3OS3. The van der Waals surface area contributed by atoms with Crippen LogP contribution in [-0.2, 0) is 6.54 Å². The molecule has 20 heavy (non-hydrogen) atoms. The van der Waals surface area contributed by atoms with Gasteiger partial charge in [0.05, 0.1) is 16.4 Å². The molecule has 1 N–H and O–H groups in total. The van der Waals surface area contributed by atoms with Crippen LogP contribution in [0.5, 0.6) is 0 Å². The van der Waals surface area contributed by atoms with E-state index in [1.54, 1.807) is 34.3 Å². The predicted molar refractivity (Wildman–Crippen MR) is 83.4 cm³/mol. The lowest BCUT2D eigenvalue weighted by Gasteiger charge is -1.99. The summed E-state index contributed by atoms with van der Waals surface area (Å²) in [4.78, 5) is 22.7. The molecule has 0 unspecified atom stereocenters. The van der Waals surface area contributed by atoms with Crippen molar-refractivity contribution in [1.82, 2.24) is 15.3 Å². The minimum absolute atomic E-state index is 0.143. The van der Waals surface area contributed by atoms with Crippen LogP contribution < -0.4 is 5.32 Å². The number of aromatic nitrogens is 2.